The Morgan fingerprint density at radius 1 is 1.32 bits per heavy atom. The normalized spacial score (nSPS) is 21.0. The molecule has 0 unspecified atom stereocenters. The molecule has 0 amide bonds. The number of aromatic carboxylic acids is 1. The summed E-state index contributed by atoms with van der Waals surface area (Å²) in [4.78, 5) is 16.3. The largest absolute Gasteiger partial charge is 0.478 e. The molecular weight excluding hydrogens is 354 g/mol. The van der Waals surface area contributed by atoms with E-state index in [0.717, 1.165) is 48.1 Å². The molecule has 1 fully saturated rings. The molecular formula is C21H27N5O2. The Morgan fingerprint density at radius 3 is 2.71 bits per heavy atom. The highest BCUT2D eigenvalue weighted by Gasteiger charge is 2.30. The number of anilines is 1. The molecule has 1 atom stereocenters. The maximum absolute atomic E-state index is 11.8. The number of hydrogen-bond donors (Lipinski definition) is 2. The third-order valence-corrected chi connectivity index (χ3v) is 6.16. The van der Waals surface area contributed by atoms with Gasteiger partial charge in [0.05, 0.1) is 17.4 Å². The molecule has 7 heteroatoms. The van der Waals surface area contributed by atoms with E-state index < -0.39 is 5.97 Å². The summed E-state index contributed by atoms with van der Waals surface area (Å²) in [5.41, 5.74) is 3.02. The van der Waals surface area contributed by atoms with E-state index in [1.165, 1.54) is 0 Å². The van der Waals surface area contributed by atoms with Gasteiger partial charge in [-0.15, -0.1) is 0 Å². The third-order valence-electron chi connectivity index (χ3n) is 6.16. The van der Waals surface area contributed by atoms with Gasteiger partial charge in [-0.25, -0.2) is 9.78 Å². The van der Waals surface area contributed by atoms with Gasteiger partial charge in [-0.3, -0.25) is 4.68 Å². The number of carboxylic acid groups (broad SMARTS) is 1. The second-order valence-electron chi connectivity index (χ2n) is 7.91. The average molecular weight is 381 g/mol. The van der Waals surface area contributed by atoms with Gasteiger partial charge in [-0.05, 0) is 57.6 Å². The van der Waals surface area contributed by atoms with Crippen molar-refractivity contribution >= 4 is 22.7 Å². The van der Waals surface area contributed by atoms with Crippen molar-refractivity contribution in [2.75, 3.05) is 5.32 Å². The van der Waals surface area contributed by atoms with Crippen molar-refractivity contribution in [3.05, 3.63) is 42.0 Å². The van der Waals surface area contributed by atoms with Crippen LogP contribution >= 0.6 is 0 Å². The van der Waals surface area contributed by atoms with Crippen LogP contribution < -0.4 is 5.32 Å². The van der Waals surface area contributed by atoms with Gasteiger partial charge in [0, 0.05) is 42.6 Å². The molecule has 148 valence electrons. The molecule has 3 heterocycles. The number of aryl methyl sites for hydroxylation is 1. The molecule has 0 saturated heterocycles. The monoisotopic (exact) mass is 381 g/mol. The molecule has 0 bridgehead atoms. The molecule has 0 aliphatic heterocycles. The lowest BCUT2D eigenvalue weighted by Crippen LogP contribution is -2.29. The topological polar surface area (TPSA) is 85.0 Å². The van der Waals surface area contributed by atoms with Crippen LogP contribution in [-0.4, -0.2) is 36.4 Å². The van der Waals surface area contributed by atoms with E-state index in [1.807, 2.05) is 37.1 Å². The third kappa shape index (κ3) is 3.25. The average Bonchev–Trinajstić information content (AvgIpc) is 3.21. The van der Waals surface area contributed by atoms with E-state index in [9.17, 15) is 9.90 Å². The number of hydrogen-bond acceptors (Lipinski definition) is 4. The number of carboxylic acids is 1. The SMILES string of the molecule is Cc1c(C(=O)O)c2cccnc2n1[C@H](C)C1CCC(Nc2cnn(C)c2)CC1. The van der Waals surface area contributed by atoms with Crippen LogP contribution in [0.25, 0.3) is 11.0 Å². The van der Waals surface area contributed by atoms with Gasteiger partial charge >= 0.3 is 5.97 Å². The summed E-state index contributed by atoms with van der Waals surface area (Å²) in [5.74, 6) is -0.379. The number of fused-ring (bicyclic) bond motifs is 1. The summed E-state index contributed by atoms with van der Waals surface area (Å²) in [5, 5.41) is 18.2. The molecule has 7 nitrogen and oxygen atoms in total. The summed E-state index contributed by atoms with van der Waals surface area (Å²) in [7, 11) is 1.92. The minimum absolute atomic E-state index is 0.213. The molecule has 3 aromatic heterocycles. The molecule has 0 radical (unpaired) electrons. The first-order valence-electron chi connectivity index (χ1n) is 9.89. The lowest BCUT2D eigenvalue weighted by Gasteiger charge is -2.34. The summed E-state index contributed by atoms with van der Waals surface area (Å²) >= 11 is 0. The first kappa shape index (κ1) is 18.5. The molecule has 3 aromatic rings. The Bertz CT molecular complexity index is 998. The first-order valence-corrected chi connectivity index (χ1v) is 9.89. The van der Waals surface area contributed by atoms with E-state index in [1.54, 1.807) is 12.3 Å². The second-order valence-corrected chi connectivity index (χ2v) is 7.91. The van der Waals surface area contributed by atoms with E-state index >= 15 is 0 Å². The van der Waals surface area contributed by atoms with Crippen LogP contribution in [-0.2, 0) is 7.05 Å². The van der Waals surface area contributed by atoms with E-state index in [2.05, 4.69) is 26.9 Å². The number of rotatable bonds is 5. The van der Waals surface area contributed by atoms with Gasteiger partial charge in [0.15, 0.2) is 0 Å². The highest BCUT2D eigenvalue weighted by molar-refractivity contribution is 6.04. The lowest BCUT2D eigenvalue weighted by molar-refractivity contribution is 0.0697. The van der Waals surface area contributed by atoms with Crippen LogP contribution in [0.3, 0.4) is 0 Å². The van der Waals surface area contributed by atoms with E-state index in [-0.39, 0.29) is 6.04 Å². The van der Waals surface area contributed by atoms with Crippen LogP contribution in [0.1, 0.15) is 54.7 Å². The minimum Gasteiger partial charge on any atom is -0.478 e. The molecule has 2 N–H and O–H groups in total. The number of carbonyl (C=O) groups is 1. The maximum Gasteiger partial charge on any atom is 0.338 e. The number of nitrogens with zero attached hydrogens (tertiary/aromatic N) is 4. The summed E-state index contributed by atoms with van der Waals surface area (Å²) < 4.78 is 3.95. The van der Waals surface area contributed by atoms with Crippen LogP contribution in [0.15, 0.2) is 30.7 Å². The summed E-state index contributed by atoms with van der Waals surface area (Å²) in [6, 6.07) is 4.34. The Kier molecular flexibility index (Phi) is 4.83. The quantitative estimate of drug-likeness (QED) is 0.697. The fourth-order valence-electron chi connectivity index (χ4n) is 4.71. The molecule has 1 aliphatic rings. The van der Waals surface area contributed by atoms with Gasteiger partial charge in [0.2, 0.25) is 0 Å². The number of nitrogens with one attached hydrogen (secondary N) is 1. The van der Waals surface area contributed by atoms with Crippen LogP contribution in [0.2, 0.25) is 0 Å². The predicted molar refractivity (Wildman–Crippen MR) is 109 cm³/mol. The Labute approximate surface area is 164 Å². The van der Waals surface area contributed by atoms with Gasteiger partial charge < -0.3 is 15.0 Å². The zero-order valence-corrected chi connectivity index (χ0v) is 16.6. The Morgan fingerprint density at radius 2 is 2.07 bits per heavy atom. The summed E-state index contributed by atoms with van der Waals surface area (Å²) in [6.45, 7) is 4.10. The van der Waals surface area contributed by atoms with Gasteiger partial charge in [-0.2, -0.15) is 5.10 Å². The highest BCUT2D eigenvalue weighted by Crippen LogP contribution is 2.37. The fraction of sp³-hybridized carbons (Fsp3) is 0.476. The van der Waals surface area contributed by atoms with Crippen molar-refractivity contribution in [3.63, 3.8) is 0 Å². The highest BCUT2D eigenvalue weighted by atomic mass is 16.4. The zero-order valence-electron chi connectivity index (χ0n) is 16.6. The molecule has 1 saturated carbocycles. The summed E-state index contributed by atoms with van der Waals surface area (Å²) in [6.07, 6.45) is 10.0. The van der Waals surface area contributed by atoms with Gasteiger partial charge in [0.1, 0.15) is 5.65 Å². The standard InChI is InChI=1S/C21H27N5O2/c1-13(15-6-8-16(9-7-15)24-17-11-23-25(3)12-17)26-14(2)19(21(27)28)18-5-4-10-22-20(18)26/h4-5,10-13,15-16,24H,6-9H2,1-3H3,(H,27,28)/t13-,15?,16?/m1/s1. The van der Waals surface area contributed by atoms with Crippen molar-refractivity contribution in [1.82, 2.24) is 19.3 Å². The Balaban J connectivity index is 1.52. The van der Waals surface area contributed by atoms with Crippen molar-refractivity contribution < 1.29 is 9.90 Å². The van der Waals surface area contributed by atoms with Crippen molar-refractivity contribution in [2.45, 2.75) is 51.6 Å². The van der Waals surface area contributed by atoms with Crippen LogP contribution in [0.4, 0.5) is 5.69 Å². The fourth-order valence-corrected chi connectivity index (χ4v) is 4.71. The van der Waals surface area contributed by atoms with E-state index in [0.29, 0.717) is 17.5 Å². The van der Waals surface area contributed by atoms with Crippen molar-refractivity contribution in [1.29, 1.82) is 0 Å². The van der Waals surface area contributed by atoms with Gasteiger partial charge in [-0.1, -0.05) is 0 Å². The van der Waals surface area contributed by atoms with E-state index in [4.69, 9.17) is 0 Å². The minimum atomic E-state index is -0.883. The molecule has 4 rings (SSSR count). The smallest absolute Gasteiger partial charge is 0.338 e. The molecule has 0 spiro atoms. The first-order chi connectivity index (χ1) is 13.5. The molecule has 0 aromatic carbocycles. The van der Waals surface area contributed by atoms with Crippen LogP contribution in [0, 0.1) is 12.8 Å². The van der Waals surface area contributed by atoms with Gasteiger partial charge in [0.25, 0.3) is 0 Å². The second kappa shape index (κ2) is 7.30. The predicted octanol–water partition coefficient (Wildman–Crippen LogP) is 4.01. The lowest BCUT2D eigenvalue weighted by atomic mass is 9.82. The zero-order chi connectivity index (χ0) is 19.8. The number of aromatic nitrogens is 4. The van der Waals surface area contributed by atoms with Crippen molar-refractivity contribution in [2.24, 2.45) is 13.0 Å². The van der Waals surface area contributed by atoms with Crippen LogP contribution in [0.5, 0.6) is 0 Å². The number of pyridine rings is 1. The Hall–Kier alpha value is -2.83. The van der Waals surface area contributed by atoms with Crippen molar-refractivity contribution in [3.8, 4) is 0 Å². The molecule has 1 aliphatic carbocycles. The molecule has 28 heavy (non-hydrogen) atoms. The maximum atomic E-state index is 11.8.